The van der Waals surface area contributed by atoms with Crippen molar-refractivity contribution in [1.29, 1.82) is 0 Å². The van der Waals surface area contributed by atoms with Gasteiger partial charge in [0.1, 0.15) is 0 Å². The molecule has 1 heterocycles. The van der Waals surface area contributed by atoms with Crippen LogP contribution in [0.5, 0.6) is 0 Å². The molecule has 3 nitrogen and oxygen atoms in total. The normalized spacial score (nSPS) is 28.8. The number of morpholine rings is 1. The third kappa shape index (κ3) is 2.84. The summed E-state index contributed by atoms with van der Waals surface area (Å²) in [5.74, 6) is 0. The predicted molar refractivity (Wildman–Crippen MR) is 41.5 cm³/mol. The zero-order valence-corrected chi connectivity index (χ0v) is 6.86. The number of halogens is 1. The molecule has 0 aromatic heterocycles. The highest BCUT2D eigenvalue weighted by Crippen LogP contribution is 1.97. The monoisotopic (exact) mass is 167 g/mol. The highest BCUT2D eigenvalue weighted by molar-refractivity contribution is 5.85. The molecule has 1 aliphatic rings. The van der Waals surface area contributed by atoms with Crippen molar-refractivity contribution in [2.24, 2.45) is 0 Å². The summed E-state index contributed by atoms with van der Waals surface area (Å²) in [6.45, 7) is 4.03. The molecule has 1 aliphatic heterocycles. The molecule has 2 atom stereocenters. The average molecular weight is 168 g/mol. The van der Waals surface area contributed by atoms with E-state index >= 15 is 0 Å². The van der Waals surface area contributed by atoms with E-state index in [2.05, 4.69) is 5.32 Å². The first-order chi connectivity index (χ1) is 4.30. The highest BCUT2D eigenvalue weighted by atomic mass is 35.5. The fourth-order valence-electron chi connectivity index (χ4n) is 0.896. The summed E-state index contributed by atoms with van der Waals surface area (Å²) in [6.07, 6.45) is -0.301. The molecule has 0 spiro atoms. The first-order valence-electron chi connectivity index (χ1n) is 3.30. The van der Waals surface area contributed by atoms with Gasteiger partial charge >= 0.3 is 0 Å². The molecular formula is C6H14ClNO2. The van der Waals surface area contributed by atoms with Crippen LogP contribution >= 0.6 is 12.4 Å². The Balaban J connectivity index is 0.000000810. The van der Waals surface area contributed by atoms with E-state index in [1.165, 1.54) is 0 Å². The predicted octanol–water partition coefficient (Wildman–Crippen LogP) is -0.223. The van der Waals surface area contributed by atoms with Crippen molar-refractivity contribution in [2.45, 2.75) is 19.1 Å². The lowest BCUT2D eigenvalue weighted by Gasteiger charge is -2.25. The third-order valence-electron chi connectivity index (χ3n) is 1.53. The highest BCUT2D eigenvalue weighted by Gasteiger charge is 2.16. The van der Waals surface area contributed by atoms with Crippen molar-refractivity contribution in [3.63, 3.8) is 0 Å². The fourth-order valence-corrected chi connectivity index (χ4v) is 0.896. The summed E-state index contributed by atoms with van der Waals surface area (Å²) in [5, 5.41) is 12.2. The summed E-state index contributed by atoms with van der Waals surface area (Å²) < 4.78 is 5.12. The van der Waals surface area contributed by atoms with Crippen molar-refractivity contribution >= 4 is 12.4 Å². The Morgan fingerprint density at radius 3 is 2.70 bits per heavy atom. The van der Waals surface area contributed by atoms with Crippen LogP contribution in [-0.4, -0.2) is 37.0 Å². The summed E-state index contributed by atoms with van der Waals surface area (Å²) >= 11 is 0. The maximum atomic E-state index is 9.03. The Hall–Kier alpha value is 0.170. The number of ether oxygens (including phenoxy) is 1. The van der Waals surface area contributed by atoms with Crippen LogP contribution in [0.25, 0.3) is 0 Å². The summed E-state index contributed by atoms with van der Waals surface area (Å²) in [5.41, 5.74) is 0. The van der Waals surface area contributed by atoms with E-state index < -0.39 is 0 Å². The van der Waals surface area contributed by atoms with E-state index in [9.17, 15) is 0 Å². The summed E-state index contributed by atoms with van der Waals surface area (Å²) in [4.78, 5) is 0. The number of aliphatic hydroxyl groups excluding tert-OH is 1. The third-order valence-corrected chi connectivity index (χ3v) is 1.53. The largest absolute Gasteiger partial charge is 0.392 e. The number of hydrogen-bond acceptors (Lipinski definition) is 3. The topological polar surface area (TPSA) is 41.5 Å². The van der Waals surface area contributed by atoms with Crippen molar-refractivity contribution in [3.8, 4) is 0 Å². The first-order valence-corrected chi connectivity index (χ1v) is 3.30. The fraction of sp³-hybridized carbons (Fsp3) is 1.00. The minimum absolute atomic E-state index is 0. The molecule has 0 radical (unpaired) electrons. The number of hydrogen-bond donors (Lipinski definition) is 2. The molecule has 10 heavy (non-hydrogen) atoms. The Morgan fingerprint density at radius 2 is 2.40 bits per heavy atom. The molecule has 0 aromatic rings. The Kier molecular flexibility index (Phi) is 4.99. The summed E-state index contributed by atoms with van der Waals surface area (Å²) in [6, 6.07) is 0.138. The van der Waals surface area contributed by atoms with Gasteiger partial charge < -0.3 is 15.2 Å². The van der Waals surface area contributed by atoms with Gasteiger partial charge in [-0.05, 0) is 6.92 Å². The maximum absolute atomic E-state index is 9.03. The zero-order valence-electron chi connectivity index (χ0n) is 6.04. The SMILES string of the molecule is C[C@@H](O)[C@H]1COCCN1.Cl. The molecule has 0 saturated carbocycles. The van der Waals surface area contributed by atoms with Gasteiger partial charge in [-0.3, -0.25) is 0 Å². The van der Waals surface area contributed by atoms with E-state index in [1.807, 2.05) is 0 Å². The maximum Gasteiger partial charge on any atom is 0.0687 e. The minimum atomic E-state index is -0.301. The zero-order chi connectivity index (χ0) is 6.69. The van der Waals surface area contributed by atoms with E-state index in [-0.39, 0.29) is 24.6 Å². The van der Waals surface area contributed by atoms with Crippen LogP contribution in [-0.2, 0) is 4.74 Å². The van der Waals surface area contributed by atoms with Crippen LogP contribution < -0.4 is 5.32 Å². The Bertz CT molecular complexity index is 83.8. The second kappa shape index (κ2) is 4.91. The van der Waals surface area contributed by atoms with Crippen LogP contribution in [0.4, 0.5) is 0 Å². The van der Waals surface area contributed by atoms with Crippen LogP contribution in [0.1, 0.15) is 6.92 Å². The van der Waals surface area contributed by atoms with Crippen LogP contribution in [0, 0.1) is 0 Å². The van der Waals surface area contributed by atoms with Gasteiger partial charge in [0.2, 0.25) is 0 Å². The quantitative estimate of drug-likeness (QED) is 0.568. The standard InChI is InChI=1S/C6H13NO2.ClH/c1-5(8)6-4-9-3-2-7-6;/h5-8H,2-4H2,1H3;1H/t5-,6-;/m1./s1. The van der Waals surface area contributed by atoms with Gasteiger partial charge in [-0.2, -0.15) is 0 Å². The molecule has 1 rings (SSSR count). The van der Waals surface area contributed by atoms with Crippen molar-refractivity contribution in [2.75, 3.05) is 19.8 Å². The van der Waals surface area contributed by atoms with Crippen molar-refractivity contribution in [1.82, 2.24) is 5.32 Å². The van der Waals surface area contributed by atoms with E-state index in [1.54, 1.807) is 6.92 Å². The van der Waals surface area contributed by atoms with Crippen molar-refractivity contribution < 1.29 is 9.84 Å². The van der Waals surface area contributed by atoms with Gasteiger partial charge in [-0.1, -0.05) is 0 Å². The van der Waals surface area contributed by atoms with Crippen LogP contribution in [0.15, 0.2) is 0 Å². The van der Waals surface area contributed by atoms with Gasteiger partial charge in [-0.25, -0.2) is 0 Å². The van der Waals surface area contributed by atoms with Gasteiger partial charge in [0.05, 0.1) is 25.4 Å². The Morgan fingerprint density at radius 1 is 1.70 bits per heavy atom. The van der Waals surface area contributed by atoms with Gasteiger partial charge in [0, 0.05) is 6.54 Å². The second-order valence-electron chi connectivity index (χ2n) is 2.38. The number of nitrogens with one attached hydrogen (secondary N) is 1. The summed E-state index contributed by atoms with van der Waals surface area (Å²) in [7, 11) is 0. The molecule has 1 fully saturated rings. The van der Waals surface area contributed by atoms with Crippen LogP contribution in [0.2, 0.25) is 0 Å². The molecule has 0 aromatic carbocycles. The van der Waals surface area contributed by atoms with E-state index in [4.69, 9.17) is 9.84 Å². The van der Waals surface area contributed by atoms with E-state index in [0.717, 1.165) is 13.2 Å². The molecule has 0 aliphatic carbocycles. The lowest BCUT2D eigenvalue weighted by atomic mass is 10.2. The van der Waals surface area contributed by atoms with Crippen LogP contribution in [0.3, 0.4) is 0 Å². The molecule has 4 heteroatoms. The average Bonchev–Trinajstić information content (AvgIpc) is 1.90. The van der Waals surface area contributed by atoms with Gasteiger partial charge in [0.15, 0.2) is 0 Å². The first kappa shape index (κ1) is 10.2. The number of rotatable bonds is 1. The Labute approximate surface area is 67.2 Å². The van der Waals surface area contributed by atoms with Gasteiger partial charge in [-0.15, -0.1) is 12.4 Å². The molecular weight excluding hydrogens is 154 g/mol. The smallest absolute Gasteiger partial charge is 0.0687 e. The van der Waals surface area contributed by atoms with Crippen molar-refractivity contribution in [3.05, 3.63) is 0 Å². The minimum Gasteiger partial charge on any atom is -0.392 e. The molecule has 1 saturated heterocycles. The lowest BCUT2D eigenvalue weighted by Crippen LogP contribution is -2.47. The number of aliphatic hydroxyl groups is 1. The molecule has 0 bridgehead atoms. The van der Waals surface area contributed by atoms with Gasteiger partial charge in [0.25, 0.3) is 0 Å². The molecule has 0 unspecified atom stereocenters. The molecule has 62 valence electrons. The molecule has 0 amide bonds. The van der Waals surface area contributed by atoms with E-state index in [0.29, 0.717) is 6.61 Å². The second-order valence-corrected chi connectivity index (χ2v) is 2.38. The lowest BCUT2D eigenvalue weighted by molar-refractivity contribution is 0.0253. The molecule has 2 N–H and O–H groups in total.